The maximum Gasteiger partial charge on any atom is 0.193 e. The Hall–Kier alpha value is -0.990. The molecule has 2 aromatic rings. The molecule has 0 saturated carbocycles. The second kappa shape index (κ2) is 7.86. The first-order valence-corrected chi connectivity index (χ1v) is 8.50. The van der Waals surface area contributed by atoms with Crippen molar-refractivity contribution in [2.75, 3.05) is 19.0 Å². The van der Waals surface area contributed by atoms with Gasteiger partial charge >= 0.3 is 0 Å². The number of anilines is 1. The first kappa shape index (κ1) is 16.4. The molecule has 3 N–H and O–H groups in total. The van der Waals surface area contributed by atoms with Crippen molar-refractivity contribution in [1.82, 2.24) is 0 Å². The third kappa shape index (κ3) is 5.05. The molecule has 0 fully saturated rings. The third-order valence-corrected chi connectivity index (χ3v) is 4.94. The molecule has 0 spiro atoms. The number of ether oxygens (including phenoxy) is 1. The zero-order valence-corrected chi connectivity index (χ0v) is 15.1. The summed E-state index contributed by atoms with van der Waals surface area (Å²) in [4.78, 5) is 5.62. The van der Waals surface area contributed by atoms with Gasteiger partial charge in [-0.25, -0.2) is 0 Å². The molecule has 0 unspecified atom stereocenters. The lowest BCUT2D eigenvalue weighted by molar-refractivity contribution is 0.415. The normalized spacial score (nSPS) is 11.5. The average Bonchev–Trinajstić information content (AvgIpc) is 2.84. The van der Waals surface area contributed by atoms with Crippen molar-refractivity contribution in [2.24, 2.45) is 10.7 Å². The van der Waals surface area contributed by atoms with Crippen molar-refractivity contribution in [2.45, 2.75) is 6.42 Å². The minimum absolute atomic E-state index is 0.377. The van der Waals surface area contributed by atoms with Crippen LogP contribution in [0.5, 0.6) is 5.75 Å². The quantitative estimate of drug-likeness (QED) is 0.424. The molecule has 112 valence electrons. The van der Waals surface area contributed by atoms with Crippen LogP contribution in [0.15, 0.2) is 35.3 Å². The summed E-state index contributed by atoms with van der Waals surface area (Å²) in [5.41, 5.74) is 6.65. The number of hydrogen-bond acceptors (Lipinski definition) is 3. The first-order chi connectivity index (χ1) is 10.1. The van der Waals surface area contributed by atoms with Gasteiger partial charge in [0.15, 0.2) is 5.96 Å². The molecule has 0 bridgehead atoms. The van der Waals surface area contributed by atoms with Gasteiger partial charge in [-0.1, -0.05) is 11.6 Å². The smallest absolute Gasteiger partial charge is 0.193 e. The number of nitrogens with one attached hydrogen (secondary N) is 1. The summed E-state index contributed by atoms with van der Waals surface area (Å²) in [7, 11) is 1.58. The molecule has 2 rings (SSSR count). The molecule has 0 saturated heterocycles. The van der Waals surface area contributed by atoms with E-state index in [-0.39, 0.29) is 0 Å². The van der Waals surface area contributed by atoms with Gasteiger partial charge in [-0.15, -0.1) is 11.3 Å². The molecule has 1 aromatic heterocycles. The largest absolute Gasteiger partial charge is 0.495 e. The van der Waals surface area contributed by atoms with Crippen LogP contribution in [0, 0.1) is 2.88 Å². The van der Waals surface area contributed by atoms with E-state index in [1.165, 1.54) is 7.76 Å². The van der Waals surface area contributed by atoms with Crippen LogP contribution in [0.4, 0.5) is 5.69 Å². The summed E-state index contributed by atoms with van der Waals surface area (Å²) in [6, 6.07) is 9.60. The Bertz CT molecular complexity index is 645. The number of halogens is 2. The first-order valence-electron chi connectivity index (χ1n) is 6.23. The maximum atomic E-state index is 6.05. The highest BCUT2D eigenvalue weighted by molar-refractivity contribution is 14.1. The van der Waals surface area contributed by atoms with E-state index in [1.807, 2.05) is 6.07 Å². The van der Waals surface area contributed by atoms with Crippen LogP contribution in [0.3, 0.4) is 0 Å². The fraction of sp³-hybridized carbons (Fsp3) is 0.214. The summed E-state index contributed by atoms with van der Waals surface area (Å²) in [5.74, 6) is 1.01. The van der Waals surface area contributed by atoms with Gasteiger partial charge in [0.05, 0.1) is 15.0 Å². The number of nitrogens with zero attached hydrogens (tertiary/aromatic N) is 1. The Kier molecular flexibility index (Phi) is 6.13. The highest BCUT2D eigenvalue weighted by Crippen LogP contribution is 2.27. The summed E-state index contributed by atoms with van der Waals surface area (Å²) in [6.45, 7) is 0.652. The van der Waals surface area contributed by atoms with Crippen LogP contribution in [-0.2, 0) is 6.42 Å². The van der Waals surface area contributed by atoms with Crippen molar-refractivity contribution in [1.29, 1.82) is 0 Å². The van der Waals surface area contributed by atoms with Gasteiger partial charge in [0, 0.05) is 23.5 Å². The topological polar surface area (TPSA) is 59.6 Å². The van der Waals surface area contributed by atoms with Crippen molar-refractivity contribution in [3.05, 3.63) is 43.1 Å². The van der Waals surface area contributed by atoms with Crippen molar-refractivity contribution >= 4 is 57.2 Å². The molecular formula is C14H15ClIN3OS. The van der Waals surface area contributed by atoms with E-state index in [9.17, 15) is 0 Å². The lowest BCUT2D eigenvalue weighted by atomic mass is 10.3. The van der Waals surface area contributed by atoms with Crippen LogP contribution in [0.25, 0.3) is 0 Å². The van der Waals surface area contributed by atoms with Crippen LogP contribution in [-0.4, -0.2) is 19.6 Å². The van der Waals surface area contributed by atoms with Crippen molar-refractivity contribution in [3.63, 3.8) is 0 Å². The molecule has 0 aliphatic rings. The van der Waals surface area contributed by atoms with Crippen LogP contribution < -0.4 is 15.8 Å². The summed E-state index contributed by atoms with van der Waals surface area (Å²) in [5, 5.41) is 3.55. The molecule has 0 aliphatic heterocycles. The Labute approximate surface area is 146 Å². The van der Waals surface area contributed by atoms with Crippen LogP contribution >= 0.6 is 45.5 Å². The Balaban J connectivity index is 1.89. The predicted molar refractivity (Wildman–Crippen MR) is 98.9 cm³/mol. The van der Waals surface area contributed by atoms with E-state index < -0.39 is 0 Å². The molecule has 21 heavy (non-hydrogen) atoms. The monoisotopic (exact) mass is 435 g/mol. The minimum atomic E-state index is 0.377. The van der Waals surface area contributed by atoms with Gasteiger partial charge in [0.1, 0.15) is 5.75 Å². The van der Waals surface area contributed by atoms with E-state index in [0.29, 0.717) is 23.3 Å². The number of guanidine groups is 1. The second-order valence-corrected chi connectivity index (χ2v) is 7.67. The minimum Gasteiger partial charge on any atom is -0.495 e. The molecule has 0 aliphatic carbocycles. The van der Waals surface area contributed by atoms with Gasteiger partial charge in [0.25, 0.3) is 0 Å². The van der Waals surface area contributed by atoms with Crippen molar-refractivity contribution < 1.29 is 4.74 Å². The van der Waals surface area contributed by atoms with E-state index in [1.54, 1.807) is 30.6 Å². The fourth-order valence-corrected chi connectivity index (χ4v) is 3.71. The van der Waals surface area contributed by atoms with Gasteiger partial charge in [-0.2, -0.15) is 0 Å². The summed E-state index contributed by atoms with van der Waals surface area (Å²) >= 11 is 10.1. The lowest BCUT2D eigenvalue weighted by Crippen LogP contribution is -2.23. The molecule has 0 radical (unpaired) electrons. The number of hydrogen-bond donors (Lipinski definition) is 2. The van der Waals surface area contributed by atoms with Crippen molar-refractivity contribution in [3.8, 4) is 5.75 Å². The van der Waals surface area contributed by atoms with Gasteiger partial charge in [0.2, 0.25) is 0 Å². The van der Waals surface area contributed by atoms with E-state index in [0.717, 1.165) is 12.1 Å². The Morgan fingerprint density at radius 3 is 2.86 bits per heavy atom. The molecular weight excluding hydrogens is 421 g/mol. The summed E-state index contributed by atoms with van der Waals surface area (Å²) < 4.78 is 6.38. The number of benzene rings is 1. The highest BCUT2D eigenvalue weighted by atomic mass is 127. The zero-order chi connectivity index (χ0) is 15.2. The van der Waals surface area contributed by atoms with E-state index >= 15 is 0 Å². The summed E-state index contributed by atoms with van der Waals surface area (Å²) in [6.07, 6.45) is 0.888. The fourth-order valence-electron chi connectivity index (χ4n) is 1.70. The van der Waals surface area contributed by atoms with Gasteiger partial charge < -0.3 is 15.8 Å². The molecule has 0 atom stereocenters. The average molecular weight is 436 g/mol. The van der Waals surface area contributed by atoms with Gasteiger partial charge in [-0.3, -0.25) is 4.99 Å². The Morgan fingerprint density at radius 2 is 2.24 bits per heavy atom. The highest BCUT2D eigenvalue weighted by Gasteiger charge is 2.02. The second-order valence-electron chi connectivity index (χ2n) is 4.20. The lowest BCUT2D eigenvalue weighted by Gasteiger charge is -2.08. The number of aliphatic imine (C=N–C) groups is 1. The number of rotatable bonds is 5. The van der Waals surface area contributed by atoms with E-state index in [4.69, 9.17) is 22.1 Å². The van der Waals surface area contributed by atoms with E-state index in [2.05, 4.69) is 45.0 Å². The van der Waals surface area contributed by atoms with Crippen LogP contribution in [0.2, 0.25) is 5.02 Å². The number of thiophene rings is 1. The third-order valence-electron chi connectivity index (χ3n) is 2.69. The SMILES string of the molecule is COc1ccc(NC(N)=NCCc2ccc(I)s2)cc1Cl. The number of nitrogens with two attached hydrogens (primary N) is 1. The molecule has 4 nitrogen and oxygen atoms in total. The zero-order valence-electron chi connectivity index (χ0n) is 11.4. The molecule has 7 heteroatoms. The maximum absolute atomic E-state index is 6.05. The Morgan fingerprint density at radius 1 is 1.43 bits per heavy atom. The van der Waals surface area contributed by atoms with Crippen LogP contribution in [0.1, 0.15) is 4.88 Å². The molecule has 0 amide bonds. The molecule has 1 heterocycles. The molecule has 1 aromatic carbocycles. The number of methoxy groups -OCH3 is 1. The predicted octanol–water partition coefficient (Wildman–Crippen LogP) is 3.98. The standard InChI is InChI=1S/C14H15ClIN3OS/c1-20-12-4-2-9(8-11(12)15)19-14(17)18-7-6-10-3-5-13(16)21-10/h2-5,8H,6-7H2,1H3,(H3,17,18,19). The van der Waals surface area contributed by atoms with Gasteiger partial charge in [-0.05, 0) is 52.9 Å².